The molecule has 9 nitrogen and oxygen atoms in total. The quantitative estimate of drug-likeness (QED) is 0.368. The highest BCUT2D eigenvalue weighted by molar-refractivity contribution is 6.30. The summed E-state index contributed by atoms with van der Waals surface area (Å²) >= 11 is 5.88. The zero-order valence-electron chi connectivity index (χ0n) is 19.6. The first-order valence-corrected chi connectivity index (χ1v) is 11.6. The van der Waals surface area contributed by atoms with Gasteiger partial charge in [-0.1, -0.05) is 36.6 Å². The Balaban J connectivity index is 0.000000172. The first-order chi connectivity index (χ1) is 17.2. The molecule has 4 aromatic heterocycles. The Bertz CT molecular complexity index is 1220. The summed E-state index contributed by atoms with van der Waals surface area (Å²) in [5.74, 6) is 3.00. The van der Waals surface area contributed by atoms with E-state index in [1.165, 1.54) is 39.0 Å². The van der Waals surface area contributed by atoms with Crippen LogP contribution in [-0.2, 0) is 0 Å². The van der Waals surface area contributed by atoms with Crippen LogP contribution in [-0.4, -0.2) is 50.2 Å². The normalized spacial score (nSPS) is 13.0. The van der Waals surface area contributed by atoms with E-state index in [1.807, 2.05) is 36.4 Å². The second-order valence-electron chi connectivity index (χ2n) is 7.72. The van der Waals surface area contributed by atoms with Crippen LogP contribution in [0.4, 0.5) is 5.82 Å². The summed E-state index contributed by atoms with van der Waals surface area (Å²) in [6.45, 7) is 0. The summed E-state index contributed by atoms with van der Waals surface area (Å²) < 4.78 is 10.3. The molecule has 0 aliphatic heterocycles. The zero-order chi connectivity index (χ0) is 24.5. The van der Waals surface area contributed by atoms with Crippen molar-refractivity contribution in [1.29, 1.82) is 0 Å². The average Bonchev–Trinajstić information content (AvgIpc) is 3.43. The van der Waals surface area contributed by atoms with Crippen molar-refractivity contribution in [1.82, 2.24) is 29.9 Å². The minimum absolute atomic E-state index is 0.285. The Morgan fingerprint density at radius 3 is 1.86 bits per heavy atom. The highest BCUT2D eigenvalue weighted by Gasteiger charge is 2.18. The van der Waals surface area contributed by atoms with Gasteiger partial charge in [-0.05, 0) is 37.1 Å². The molecule has 4 aromatic rings. The Kier molecular flexibility index (Phi) is 8.34. The Labute approximate surface area is 209 Å². The molecule has 0 atom stereocenters. The molecule has 4 heterocycles. The fraction of sp³-hybridized carbons (Fsp3) is 0.280. The van der Waals surface area contributed by atoms with Gasteiger partial charge in [0.25, 0.3) is 0 Å². The third-order valence-electron chi connectivity index (χ3n) is 5.39. The molecule has 0 aromatic carbocycles. The van der Waals surface area contributed by atoms with Crippen LogP contribution in [0.1, 0.15) is 25.7 Å². The number of hydrogen-bond donors (Lipinski definition) is 1. The van der Waals surface area contributed by atoms with Gasteiger partial charge >= 0.3 is 0 Å². The molecule has 35 heavy (non-hydrogen) atoms. The summed E-state index contributed by atoms with van der Waals surface area (Å²) in [7, 11) is 3.16. The van der Waals surface area contributed by atoms with Crippen molar-refractivity contribution in [3.8, 4) is 34.5 Å². The lowest BCUT2D eigenvalue weighted by atomic mass is 10.2. The first kappa shape index (κ1) is 24.3. The van der Waals surface area contributed by atoms with Gasteiger partial charge in [0.1, 0.15) is 11.4 Å². The highest BCUT2D eigenvalue weighted by atomic mass is 35.5. The number of aromatic nitrogens is 6. The molecular weight excluding hydrogens is 466 g/mol. The van der Waals surface area contributed by atoms with Gasteiger partial charge < -0.3 is 14.8 Å². The van der Waals surface area contributed by atoms with Crippen LogP contribution in [0.5, 0.6) is 11.5 Å². The van der Waals surface area contributed by atoms with Gasteiger partial charge in [-0.2, -0.15) is 0 Å². The van der Waals surface area contributed by atoms with Crippen molar-refractivity contribution in [2.45, 2.75) is 31.7 Å². The van der Waals surface area contributed by atoms with E-state index in [1.54, 1.807) is 25.7 Å². The van der Waals surface area contributed by atoms with Crippen molar-refractivity contribution in [3.05, 3.63) is 66.3 Å². The Morgan fingerprint density at radius 2 is 1.34 bits per heavy atom. The van der Waals surface area contributed by atoms with Crippen LogP contribution < -0.4 is 14.8 Å². The minimum atomic E-state index is 0.285. The Morgan fingerprint density at radius 1 is 0.771 bits per heavy atom. The SMILES string of the molecule is COc1cnc(-c2ccccn2)nc1Cl.COc1cnc(-c2ccccn2)nc1NC1CCCC1. The molecule has 1 aliphatic carbocycles. The molecule has 0 radical (unpaired) electrons. The maximum atomic E-state index is 5.88. The lowest BCUT2D eigenvalue weighted by Gasteiger charge is -2.15. The van der Waals surface area contributed by atoms with E-state index in [9.17, 15) is 0 Å². The summed E-state index contributed by atoms with van der Waals surface area (Å²) in [5, 5.41) is 3.75. The van der Waals surface area contributed by atoms with E-state index in [2.05, 4.69) is 35.2 Å². The number of ether oxygens (including phenoxy) is 2. The van der Waals surface area contributed by atoms with Gasteiger partial charge in [0.2, 0.25) is 0 Å². The molecule has 5 rings (SSSR count). The fourth-order valence-corrected chi connectivity index (χ4v) is 3.82. The van der Waals surface area contributed by atoms with Crippen molar-refractivity contribution in [2.24, 2.45) is 0 Å². The second kappa shape index (κ2) is 12.0. The predicted octanol–water partition coefficient (Wildman–Crippen LogP) is 5.10. The van der Waals surface area contributed by atoms with E-state index in [0.717, 1.165) is 11.5 Å². The number of halogens is 1. The fourth-order valence-electron chi connectivity index (χ4n) is 3.61. The van der Waals surface area contributed by atoms with E-state index in [0.29, 0.717) is 34.9 Å². The molecule has 180 valence electrons. The van der Waals surface area contributed by atoms with E-state index in [4.69, 9.17) is 21.1 Å². The predicted molar refractivity (Wildman–Crippen MR) is 135 cm³/mol. The van der Waals surface area contributed by atoms with Crippen molar-refractivity contribution < 1.29 is 9.47 Å². The summed E-state index contributed by atoms with van der Waals surface area (Å²) in [4.78, 5) is 25.5. The number of anilines is 1. The van der Waals surface area contributed by atoms with Gasteiger partial charge in [0, 0.05) is 18.4 Å². The van der Waals surface area contributed by atoms with Gasteiger partial charge in [-0.3, -0.25) is 9.97 Å². The maximum absolute atomic E-state index is 5.88. The number of rotatable bonds is 6. The summed E-state index contributed by atoms with van der Waals surface area (Å²) in [6.07, 6.45) is 11.6. The molecule has 1 aliphatic rings. The van der Waals surface area contributed by atoms with Gasteiger partial charge in [0.15, 0.2) is 34.1 Å². The van der Waals surface area contributed by atoms with Crippen LogP contribution in [0.25, 0.3) is 23.0 Å². The zero-order valence-corrected chi connectivity index (χ0v) is 20.3. The first-order valence-electron chi connectivity index (χ1n) is 11.2. The van der Waals surface area contributed by atoms with Crippen LogP contribution in [0.3, 0.4) is 0 Å². The van der Waals surface area contributed by atoms with Crippen LogP contribution in [0.2, 0.25) is 5.15 Å². The molecule has 1 fully saturated rings. The van der Waals surface area contributed by atoms with Gasteiger partial charge in [0.05, 0.1) is 26.6 Å². The molecule has 0 saturated heterocycles. The van der Waals surface area contributed by atoms with Crippen molar-refractivity contribution in [3.63, 3.8) is 0 Å². The number of hydrogen-bond acceptors (Lipinski definition) is 9. The third kappa shape index (κ3) is 6.39. The monoisotopic (exact) mass is 491 g/mol. The molecule has 1 N–H and O–H groups in total. The summed E-state index contributed by atoms with van der Waals surface area (Å²) in [6, 6.07) is 11.7. The molecule has 0 spiro atoms. The highest BCUT2D eigenvalue weighted by Crippen LogP contribution is 2.28. The van der Waals surface area contributed by atoms with E-state index >= 15 is 0 Å². The molecular formula is C25H26ClN7O2. The molecule has 10 heteroatoms. The van der Waals surface area contributed by atoms with Crippen LogP contribution in [0.15, 0.2) is 61.2 Å². The molecule has 1 saturated carbocycles. The van der Waals surface area contributed by atoms with Gasteiger partial charge in [-0.15, -0.1) is 0 Å². The number of pyridine rings is 2. The maximum Gasteiger partial charge on any atom is 0.180 e. The molecule has 0 bridgehead atoms. The van der Waals surface area contributed by atoms with E-state index in [-0.39, 0.29) is 5.15 Å². The third-order valence-corrected chi connectivity index (χ3v) is 5.66. The average molecular weight is 492 g/mol. The lowest BCUT2D eigenvalue weighted by Crippen LogP contribution is -2.16. The summed E-state index contributed by atoms with van der Waals surface area (Å²) in [5.41, 5.74) is 1.45. The minimum Gasteiger partial charge on any atom is -0.492 e. The van der Waals surface area contributed by atoms with Gasteiger partial charge in [-0.25, -0.2) is 19.9 Å². The molecule has 0 amide bonds. The van der Waals surface area contributed by atoms with E-state index < -0.39 is 0 Å². The number of nitrogens with one attached hydrogen (secondary N) is 1. The second-order valence-corrected chi connectivity index (χ2v) is 8.08. The van der Waals surface area contributed by atoms with Crippen LogP contribution >= 0.6 is 11.6 Å². The standard InChI is InChI=1S/C15H18N4O.C10H8ClN3O/c1-20-13-10-17-14(12-8-4-5-9-16-12)19-15(13)18-11-6-2-3-7-11;1-15-8-6-13-10(14-9(8)11)7-4-2-3-5-12-7/h4-5,8-11H,2-3,6-7H2,1H3,(H,17,18,19);2-6H,1H3. The number of nitrogens with zero attached hydrogens (tertiary/aromatic N) is 6. The topological polar surface area (TPSA) is 108 Å². The van der Waals surface area contributed by atoms with Crippen LogP contribution in [0, 0.1) is 0 Å². The molecule has 0 unspecified atom stereocenters. The lowest BCUT2D eigenvalue weighted by molar-refractivity contribution is 0.411. The van der Waals surface area contributed by atoms with Crippen molar-refractivity contribution >= 4 is 17.4 Å². The van der Waals surface area contributed by atoms with Crippen molar-refractivity contribution in [2.75, 3.05) is 19.5 Å². The number of methoxy groups -OCH3 is 2. The largest absolute Gasteiger partial charge is 0.492 e. The smallest absolute Gasteiger partial charge is 0.180 e. The Hall–Kier alpha value is -3.85.